The lowest BCUT2D eigenvalue weighted by Crippen LogP contribution is -2.74. The van der Waals surface area contributed by atoms with Gasteiger partial charge < -0.3 is 20.1 Å². The third kappa shape index (κ3) is 3.40. The molecular formula is C20H23ClN6O6. The number of hydrogen-bond acceptors (Lipinski definition) is 9. The zero-order valence-corrected chi connectivity index (χ0v) is 18.9. The van der Waals surface area contributed by atoms with E-state index in [9.17, 15) is 24.3 Å². The van der Waals surface area contributed by atoms with Gasteiger partial charge in [-0.25, -0.2) is 9.78 Å². The standard InChI is InChI=1S/C20H23ClN6O6/c1-7(2)23-16(29)11(22)12-14(28)10(21)13-9(24-12)6-20(15-8(3)33-5-4-27(13)15)17(30)25-19(32)26-18(20)31/h7-8,15,22,28H,4-6H2,1-3H3,(H,23,29)(H2,25,26,30,31,32)/t8-,15?/m0/s1. The molecule has 5 amide bonds. The Bertz CT molecular complexity index is 1090. The number of nitrogens with zero attached hydrogens (tertiary/aromatic N) is 2. The van der Waals surface area contributed by atoms with Crippen molar-refractivity contribution < 1.29 is 29.0 Å². The van der Waals surface area contributed by atoms with Gasteiger partial charge in [-0.05, 0) is 20.8 Å². The molecule has 2 saturated heterocycles. The van der Waals surface area contributed by atoms with Crippen LogP contribution in [0.2, 0.25) is 5.02 Å². The maximum absolute atomic E-state index is 13.1. The molecule has 3 aliphatic rings. The van der Waals surface area contributed by atoms with E-state index in [0.29, 0.717) is 5.69 Å². The molecule has 4 rings (SSSR count). The van der Waals surface area contributed by atoms with E-state index in [1.54, 1.807) is 25.7 Å². The number of rotatable bonds is 3. The minimum absolute atomic E-state index is 0.139. The molecule has 2 atom stereocenters. The maximum Gasteiger partial charge on any atom is 0.328 e. The van der Waals surface area contributed by atoms with Gasteiger partial charge in [0.05, 0.1) is 30.1 Å². The van der Waals surface area contributed by atoms with E-state index in [2.05, 4.69) is 20.9 Å². The molecule has 3 aliphatic heterocycles. The van der Waals surface area contributed by atoms with Crippen molar-refractivity contribution in [3.05, 3.63) is 16.4 Å². The van der Waals surface area contributed by atoms with E-state index in [-0.39, 0.29) is 42.0 Å². The number of urea groups is 1. The third-order valence-corrected chi connectivity index (χ3v) is 6.40. The molecule has 1 aromatic rings. The Hall–Kier alpha value is -3.25. The summed E-state index contributed by atoms with van der Waals surface area (Å²) in [4.78, 5) is 56.3. The lowest BCUT2D eigenvalue weighted by molar-refractivity contribution is -0.151. The minimum atomic E-state index is -1.78. The van der Waals surface area contributed by atoms with E-state index >= 15 is 0 Å². The third-order valence-electron chi connectivity index (χ3n) is 6.04. The number of aromatic nitrogens is 1. The quantitative estimate of drug-likeness (QED) is 0.294. The van der Waals surface area contributed by atoms with Crippen LogP contribution in [-0.2, 0) is 25.5 Å². The van der Waals surface area contributed by atoms with Gasteiger partial charge >= 0.3 is 6.03 Å². The molecule has 1 spiro atoms. The van der Waals surface area contributed by atoms with E-state index in [0.717, 1.165) is 0 Å². The van der Waals surface area contributed by atoms with Crippen LogP contribution in [0.4, 0.5) is 10.5 Å². The fourth-order valence-electron chi connectivity index (χ4n) is 4.71. The van der Waals surface area contributed by atoms with E-state index in [1.165, 1.54) is 0 Å². The summed E-state index contributed by atoms with van der Waals surface area (Å²) in [6.45, 7) is 5.60. The highest BCUT2D eigenvalue weighted by molar-refractivity contribution is 6.45. The summed E-state index contributed by atoms with van der Waals surface area (Å²) in [7, 11) is 0. The highest BCUT2D eigenvalue weighted by Gasteiger charge is 2.63. The molecule has 1 unspecified atom stereocenters. The number of carbonyl (C=O) groups excluding carboxylic acids is 4. The molecule has 0 radical (unpaired) electrons. The number of barbiturate groups is 1. The first-order chi connectivity index (χ1) is 15.5. The van der Waals surface area contributed by atoms with Crippen molar-refractivity contribution in [2.45, 2.75) is 45.4 Å². The summed E-state index contributed by atoms with van der Waals surface area (Å²) in [6.07, 6.45) is -0.890. The van der Waals surface area contributed by atoms with Gasteiger partial charge in [0, 0.05) is 19.0 Å². The molecule has 4 heterocycles. The number of pyridine rings is 1. The summed E-state index contributed by atoms with van der Waals surface area (Å²) in [6, 6.07) is -2.04. The number of halogens is 1. The van der Waals surface area contributed by atoms with Crippen molar-refractivity contribution in [2.24, 2.45) is 5.41 Å². The average molecular weight is 479 g/mol. The van der Waals surface area contributed by atoms with Gasteiger partial charge in [-0.3, -0.25) is 30.4 Å². The molecule has 0 saturated carbocycles. The lowest BCUT2D eigenvalue weighted by Gasteiger charge is -2.53. The number of anilines is 1. The van der Waals surface area contributed by atoms with Crippen LogP contribution in [0.25, 0.3) is 0 Å². The van der Waals surface area contributed by atoms with Gasteiger partial charge in [0.15, 0.2) is 11.2 Å². The molecule has 0 aromatic carbocycles. The SMILES string of the molecule is CC(C)NC(=O)C(=N)c1nc2c(c(Cl)c1O)N1CCO[C@@H](C)C1C1(C2)C(=O)NC(=O)NC1=O. The molecule has 12 nitrogen and oxygen atoms in total. The molecule has 13 heteroatoms. The van der Waals surface area contributed by atoms with Crippen molar-refractivity contribution in [1.82, 2.24) is 20.9 Å². The topological polar surface area (TPSA) is 174 Å². The van der Waals surface area contributed by atoms with Crippen LogP contribution >= 0.6 is 11.6 Å². The number of carbonyl (C=O) groups is 4. The van der Waals surface area contributed by atoms with Gasteiger partial charge in [0.25, 0.3) is 5.91 Å². The summed E-state index contributed by atoms with van der Waals surface area (Å²) in [5.41, 5.74) is -2.35. The van der Waals surface area contributed by atoms with Gasteiger partial charge in [-0.1, -0.05) is 11.6 Å². The summed E-state index contributed by atoms with van der Waals surface area (Å²) < 4.78 is 5.71. The Labute approximate surface area is 193 Å². The lowest BCUT2D eigenvalue weighted by atomic mass is 9.67. The Balaban J connectivity index is 1.89. The number of aromatic hydroxyl groups is 1. The molecule has 1 aromatic heterocycles. The zero-order chi connectivity index (χ0) is 24.2. The molecule has 176 valence electrons. The molecule has 0 bridgehead atoms. The highest BCUT2D eigenvalue weighted by Crippen LogP contribution is 2.50. The number of imide groups is 2. The van der Waals surface area contributed by atoms with Crippen molar-refractivity contribution >= 4 is 46.8 Å². The summed E-state index contributed by atoms with van der Waals surface area (Å²) in [5.74, 6) is -2.95. The second-order valence-corrected chi connectivity index (χ2v) is 8.90. The summed E-state index contributed by atoms with van der Waals surface area (Å²) >= 11 is 6.51. The predicted octanol–water partition coefficient (Wildman–Crippen LogP) is -0.165. The zero-order valence-electron chi connectivity index (χ0n) is 18.1. The number of nitrogens with one attached hydrogen (secondary N) is 4. The van der Waals surface area contributed by atoms with Crippen LogP contribution in [0.3, 0.4) is 0 Å². The van der Waals surface area contributed by atoms with Crippen molar-refractivity contribution in [2.75, 3.05) is 18.1 Å². The average Bonchev–Trinajstić information content (AvgIpc) is 2.73. The van der Waals surface area contributed by atoms with Crippen LogP contribution in [0, 0.1) is 10.8 Å². The molecule has 2 fully saturated rings. The van der Waals surface area contributed by atoms with Crippen LogP contribution in [-0.4, -0.2) is 70.9 Å². The Morgan fingerprint density at radius 2 is 1.97 bits per heavy atom. The monoisotopic (exact) mass is 478 g/mol. The number of ether oxygens (including phenoxy) is 1. The van der Waals surface area contributed by atoms with Crippen LogP contribution in [0.1, 0.15) is 32.2 Å². The van der Waals surface area contributed by atoms with Gasteiger partial charge in [0.1, 0.15) is 16.4 Å². The molecular weight excluding hydrogens is 456 g/mol. The normalized spacial score (nSPS) is 23.5. The van der Waals surface area contributed by atoms with Gasteiger partial charge in [0.2, 0.25) is 11.8 Å². The van der Waals surface area contributed by atoms with Gasteiger partial charge in [-0.15, -0.1) is 0 Å². The molecule has 33 heavy (non-hydrogen) atoms. The van der Waals surface area contributed by atoms with Crippen LogP contribution in [0.5, 0.6) is 5.75 Å². The Kier molecular flexibility index (Phi) is 5.53. The maximum atomic E-state index is 13.1. The molecule has 0 aliphatic carbocycles. The number of amides is 5. The van der Waals surface area contributed by atoms with Crippen LogP contribution in [0.15, 0.2) is 0 Å². The second-order valence-electron chi connectivity index (χ2n) is 8.52. The van der Waals surface area contributed by atoms with Gasteiger partial charge in [-0.2, -0.15) is 0 Å². The largest absolute Gasteiger partial charge is 0.504 e. The fourth-order valence-corrected chi connectivity index (χ4v) is 5.02. The van der Waals surface area contributed by atoms with Crippen molar-refractivity contribution in [3.63, 3.8) is 0 Å². The predicted molar refractivity (Wildman–Crippen MR) is 115 cm³/mol. The first-order valence-corrected chi connectivity index (χ1v) is 10.7. The van der Waals surface area contributed by atoms with Crippen LogP contribution < -0.4 is 20.9 Å². The highest BCUT2D eigenvalue weighted by atomic mass is 35.5. The first kappa shape index (κ1) is 22.9. The van der Waals surface area contributed by atoms with E-state index in [4.69, 9.17) is 21.7 Å². The smallest absolute Gasteiger partial charge is 0.328 e. The van der Waals surface area contributed by atoms with Crippen molar-refractivity contribution in [3.8, 4) is 5.75 Å². The number of morpholine rings is 1. The Morgan fingerprint density at radius 3 is 2.58 bits per heavy atom. The molecule has 5 N–H and O–H groups in total. The number of fused-ring (bicyclic) bond motifs is 4. The summed E-state index contributed by atoms with van der Waals surface area (Å²) in [5, 5.41) is 25.6. The Morgan fingerprint density at radius 1 is 1.33 bits per heavy atom. The first-order valence-electron chi connectivity index (χ1n) is 10.3. The van der Waals surface area contributed by atoms with E-state index < -0.39 is 52.8 Å². The van der Waals surface area contributed by atoms with E-state index in [1.807, 2.05) is 0 Å². The fraction of sp³-hybridized carbons (Fsp3) is 0.500. The second kappa shape index (κ2) is 7.96. The van der Waals surface area contributed by atoms with Crippen molar-refractivity contribution in [1.29, 1.82) is 5.41 Å². The number of hydrogen-bond donors (Lipinski definition) is 5. The minimum Gasteiger partial charge on any atom is -0.504 e.